The van der Waals surface area contributed by atoms with E-state index in [-0.39, 0.29) is 27.8 Å². The molecule has 7 unspecified atom stereocenters. The summed E-state index contributed by atoms with van der Waals surface area (Å²) < 4.78 is 143. The lowest BCUT2D eigenvalue weighted by Crippen LogP contribution is -2.42. The Bertz CT molecular complexity index is 5300. The number of hydrogen-bond acceptors (Lipinski definition) is 0. The zero-order valence-corrected chi connectivity index (χ0v) is 60.4. The Kier molecular flexibility index (Phi) is 13.8. The lowest BCUT2D eigenvalue weighted by Gasteiger charge is -2.46. The van der Waals surface area contributed by atoms with Crippen molar-refractivity contribution in [1.29, 1.82) is 0 Å². The van der Waals surface area contributed by atoms with Gasteiger partial charge in [-0.25, -0.2) is 0 Å². The second-order valence-electron chi connectivity index (χ2n) is 33.3. The van der Waals surface area contributed by atoms with Crippen LogP contribution in [0.4, 0.5) is 39.5 Å². The molecule has 0 spiro atoms. The van der Waals surface area contributed by atoms with Gasteiger partial charge in [0.15, 0.2) is 0 Å². The largest absolute Gasteiger partial charge is 0.402 e. The molecule has 9 heteroatoms. The van der Waals surface area contributed by atoms with E-state index in [4.69, 9.17) is 0 Å². The Labute approximate surface area is 593 Å². The number of hydrogen-bond donors (Lipinski definition) is 0. The van der Waals surface area contributed by atoms with Crippen LogP contribution in [0.2, 0.25) is 0 Å². The summed E-state index contributed by atoms with van der Waals surface area (Å²) in [6.07, 6.45) is -7.91. The molecule has 0 bridgehead atoms. The van der Waals surface area contributed by atoms with Gasteiger partial charge >= 0.3 is 18.5 Å². The second-order valence-corrected chi connectivity index (χ2v) is 33.3. The van der Waals surface area contributed by atoms with Crippen molar-refractivity contribution in [1.82, 2.24) is 0 Å². The summed E-state index contributed by atoms with van der Waals surface area (Å²) in [6.45, 7) is 25.9. The Hall–Kier alpha value is -8.43. The van der Waals surface area contributed by atoms with Crippen LogP contribution in [0.5, 0.6) is 0 Å². The van der Waals surface area contributed by atoms with E-state index in [9.17, 15) is 0 Å². The van der Waals surface area contributed by atoms with Gasteiger partial charge in [0, 0.05) is 32.5 Å². The van der Waals surface area contributed by atoms with Crippen molar-refractivity contribution in [2.75, 3.05) is 0 Å². The summed E-state index contributed by atoms with van der Waals surface area (Å²) in [5, 5.41) is 0. The number of benzene rings is 10. The molecule has 0 nitrogen and oxygen atoms in total. The van der Waals surface area contributed by atoms with Crippen molar-refractivity contribution >= 4 is 0 Å². The number of rotatable bonds is 12. The van der Waals surface area contributed by atoms with Gasteiger partial charge < -0.3 is 0 Å². The molecule has 17 rings (SSSR count). The first-order chi connectivity index (χ1) is 48.1. The van der Waals surface area contributed by atoms with Crippen molar-refractivity contribution in [2.24, 2.45) is 0 Å². The average Bonchev–Trinajstić information content (AvgIpc) is 1.43. The Morgan fingerprint density at radius 1 is 0.284 bits per heavy atom. The fourth-order valence-corrected chi connectivity index (χ4v) is 21.3. The summed E-state index contributed by atoms with van der Waals surface area (Å²) in [4.78, 5) is 0. The molecule has 10 aromatic carbocycles. The van der Waals surface area contributed by atoms with Gasteiger partial charge in [-0.1, -0.05) is 264 Å². The van der Waals surface area contributed by atoms with Crippen molar-refractivity contribution in [3.8, 4) is 55.6 Å². The highest BCUT2D eigenvalue weighted by molar-refractivity contribution is 5.89. The minimum Gasteiger partial charge on any atom is -0.170 e. The van der Waals surface area contributed by atoms with Gasteiger partial charge in [0.05, 0.1) is 0 Å². The van der Waals surface area contributed by atoms with Gasteiger partial charge in [0.1, 0.15) is 16.2 Å². The molecule has 0 fully saturated rings. The lowest BCUT2D eigenvalue weighted by molar-refractivity contribution is -0.172. The third-order valence-corrected chi connectivity index (χ3v) is 27.9. The first-order valence-corrected chi connectivity index (χ1v) is 36.7. The van der Waals surface area contributed by atoms with E-state index in [2.05, 4.69) is 142 Å². The highest BCUT2D eigenvalue weighted by Crippen LogP contribution is 2.65. The van der Waals surface area contributed by atoms with E-state index in [0.717, 1.165) is 102 Å². The topological polar surface area (TPSA) is 0 Å². The second kappa shape index (κ2) is 21.2. The summed E-state index contributed by atoms with van der Waals surface area (Å²) in [6, 6.07) is 59.7. The molecule has 7 atom stereocenters. The first kappa shape index (κ1) is 66.8. The van der Waals surface area contributed by atoms with Gasteiger partial charge in [-0.2, -0.15) is 39.5 Å². The van der Waals surface area contributed by atoms with Gasteiger partial charge in [-0.15, -0.1) is 0 Å². The summed E-state index contributed by atoms with van der Waals surface area (Å²) in [5.74, 6) is 0. The van der Waals surface area contributed by atoms with E-state index in [1.165, 1.54) is 31.9 Å². The van der Waals surface area contributed by atoms with Crippen LogP contribution < -0.4 is 0 Å². The quantitative estimate of drug-likeness (QED) is 0.107. The average molecular weight is 1370 g/mol. The van der Waals surface area contributed by atoms with Crippen LogP contribution in [-0.2, 0) is 61.6 Å². The standard InChI is InChI=1S/C93H85F9/c1-14-38-84(9,56-26-32-62-60-22-18-20-24-70(60)86(11,78(62)44-56)91(94,95)96)54-28-34-66-69-41-53-51-90(17-4,73(53)49-77(69)82(5,6)74(66)42-54)59-31-37-65-64-33-27-57(45-79(64)88(13,81(65)47-59)93(100,101)102)85(10,39-15-2)55-29-35-67-68-40-52-50-89(16-3,72(52)48-76(68)83(7,8)75(67)43-55)58-30-36-63-61-23-19-21-25-71(61)87(12,80(63)46-58)92(97,98)99/h18-37,40-49H,14-17,38-39,50-51H2,1-13H3. The summed E-state index contributed by atoms with van der Waals surface area (Å²) in [7, 11) is 0. The third-order valence-electron chi connectivity index (χ3n) is 27.9. The molecular formula is C93H85F9. The minimum absolute atomic E-state index is 0.262. The third kappa shape index (κ3) is 8.20. The fourth-order valence-electron chi connectivity index (χ4n) is 21.3. The van der Waals surface area contributed by atoms with Gasteiger partial charge in [0.2, 0.25) is 0 Å². The molecule has 0 amide bonds. The Morgan fingerprint density at radius 2 is 0.559 bits per heavy atom. The van der Waals surface area contributed by atoms with E-state index >= 15 is 39.5 Å². The van der Waals surface area contributed by atoms with Crippen LogP contribution in [-0.4, -0.2) is 18.5 Å². The van der Waals surface area contributed by atoms with E-state index in [0.29, 0.717) is 77.5 Å². The molecule has 10 aromatic rings. The van der Waals surface area contributed by atoms with Crippen LogP contribution in [0, 0.1) is 0 Å². The maximum atomic E-state index is 16.7. The molecule has 0 N–H and O–H groups in total. The van der Waals surface area contributed by atoms with Gasteiger partial charge in [-0.05, 0) is 226 Å². The maximum Gasteiger partial charge on any atom is 0.402 e. The zero-order valence-electron chi connectivity index (χ0n) is 60.4. The SMILES string of the molecule is CCCC(C)(c1ccc2c(c1)C(C)(C)c1cc3c(cc1-2)CC3(CC)c1ccc2c(c1)C(C)(C(F)(F)F)c1cc(C(C)(CCC)c3ccc4c(c3)C(C)(C)c3cc5c(cc3-4)CC5(CC)c3ccc4c(c3)C(C)(C(F)(F)F)c3ccccc3-4)ccc1-2)c1ccc2c(c1)C(C)(C(F)(F)F)c1ccccc1-2. The van der Waals surface area contributed by atoms with Crippen molar-refractivity contribution in [3.05, 3.63) is 293 Å². The first-order valence-electron chi connectivity index (χ1n) is 36.7. The Morgan fingerprint density at radius 3 is 0.882 bits per heavy atom. The predicted molar refractivity (Wildman–Crippen MR) is 393 cm³/mol. The zero-order chi connectivity index (χ0) is 72.2. The minimum atomic E-state index is -4.66. The van der Waals surface area contributed by atoms with Crippen LogP contribution in [0.1, 0.15) is 240 Å². The van der Waals surface area contributed by atoms with Crippen molar-refractivity contribution < 1.29 is 39.5 Å². The molecule has 7 aliphatic carbocycles. The van der Waals surface area contributed by atoms with E-state index in [1.54, 1.807) is 48.5 Å². The van der Waals surface area contributed by atoms with Gasteiger partial charge in [0.25, 0.3) is 0 Å². The van der Waals surface area contributed by atoms with Crippen molar-refractivity contribution in [3.63, 3.8) is 0 Å². The molecule has 520 valence electrons. The number of alkyl halides is 9. The predicted octanol–water partition coefficient (Wildman–Crippen LogP) is 25.6. The molecule has 102 heavy (non-hydrogen) atoms. The smallest absolute Gasteiger partial charge is 0.170 e. The molecule has 0 saturated heterocycles. The van der Waals surface area contributed by atoms with Crippen LogP contribution >= 0.6 is 0 Å². The number of fused-ring (bicyclic) bond motifs is 17. The molecule has 0 saturated carbocycles. The highest BCUT2D eigenvalue weighted by Gasteiger charge is 2.62. The molecule has 0 heterocycles. The van der Waals surface area contributed by atoms with Crippen LogP contribution in [0.25, 0.3) is 55.6 Å². The van der Waals surface area contributed by atoms with E-state index < -0.39 is 67.3 Å². The Balaban J connectivity index is 0.681. The monoisotopic (exact) mass is 1370 g/mol. The summed E-state index contributed by atoms with van der Waals surface area (Å²) in [5.41, 5.74) is 14.8. The van der Waals surface area contributed by atoms with Gasteiger partial charge in [-0.3, -0.25) is 0 Å². The molecular weight excluding hydrogens is 1290 g/mol. The normalized spacial score (nSPS) is 24.1. The van der Waals surface area contributed by atoms with Crippen LogP contribution in [0.3, 0.4) is 0 Å². The molecule has 0 aliphatic heterocycles. The fraction of sp³-hybridized carbons (Fsp3) is 0.355. The molecule has 0 aromatic heterocycles. The number of halogens is 9. The van der Waals surface area contributed by atoms with Crippen LogP contribution in [0.15, 0.2) is 182 Å². The van der Waals surface area contributed by atoms with Crippen molar-refractivity contribution in [2.45, 2.75) is 209 Å². The maximum absolute atomic E-state index is 16.7. The lowest BCUT2D eigenvalue weighted by atomic mass is 9.57. The van der Waals surface area contributed by atoms with E-state index in [1.807, 2.05) is 60.7 Å². The summed E-state index contributed by atoms with van der Waals surface area (Å²) >= 11 is 0. The molecule has 7 aliphatic rings. The highest BCUT2D eigenvalue weighted by atomic mass is 19.4. The molecule has 0 radical (unpaired) electrons.